The first-order chi connectivity index (χ1) is 8.86. The van der Waals surface area contributed by atoms with Crippen LogP contribution >= 0.6 is 0 Å². The molecule has 1 atom stereocenters. The highest BCUT2D eigenvalue weighted by Crippen LogP contribution is 2.08. The van der Waals surface area contributed by atoms with E-state index in [1.54, 1.807) is 13.0 Å². The average molecular weight is 268 g/mol. The first-order valence-corrected chi connectivity index (χ1v) is 6.52. The number of aromatic nitrogens is 1. The molecule has 1 aromatic rings. The molecule has 1 unspecified atom stereocenters. The van der Waals surface area contributed by atoms with Gasteiger partial charge in [0.1, 0.15) is 5.76 Å². The number of likely N-dealkylation sites (N-methyl/N-ethyl adjacent to an activating group) is 1. The van der Waals surface area contributed by atoms with E-state index in [1.807, 2.05) is 14.1 Å². The maximum Gasteiger partial charge on any atom is 0.320 e. The third-order valence-corrected chi connectivity index (χ3v) is 2.55. The number of anilines is 1. The topological polar surface area (TPSA) is 70.4 Å². The Morgan fingerprint density at radius 1 is 1.47 bits per heavy atom. The van der Waals surface area contributed by atoms with Crippen molar-refractivity contribution in [1.82, 2.24) is 15.4 Å². The van der Waals surface area contributed by atoms with E-state index in [0.29, 0.717) is 17.5 Å². The van der Waals surface area contributed by atoms with Crippen LogP contribution in [-0.2, 0) is 0 Å². The molecular weight excluding hydrogens is 244 g/mol. The van der Waals surface area contributed by atoms with Crippen LogP contribution in [0.5, 0.6) is 0 Å². The second-order valence-corrected chi connectivity index (χ2v) is 5.51. The third kappa shape index (κ3) is 6.24. The Bertz CT molecular complexity index is 391. The summed E-state index contributed by atoms with van der Waals surface area (Å²) in [5.74, 6) is 1.63. The lowest BCUT2D eigenvalue weighted by Gasteiger charge is -2.23. The molecule has 0 radical (unpaired) electrons. The van der Waals surface area contributed by atoms with E-state index in [2.05, 4.69) is 34.5 Å². The first-order valence-electron chi connectivity index (χ1n) is 6.52. The number of carbonyl (C=O) groups excluding carboxylic acids is 1. The Morgan fingerprint density at radius 3 is 2.63 bits per heavy atom. The minimum absolute atomic E-state index is 0.114. The highest BCUT2D eigenvalue weighted by molar-refractivity contribution is 5.88. The number of rotatable bonds is 6. The summed E-state index contributed by atoms with van der Waals surface area (Å²) in [6, 6.07) is 1.55. The summed E-state index contributed by atoms with van der Waals surface area (Å²) in [6.07, 6.45) is 0.934. The molecule has 0 aromatic carbocycles. The van der Waals surface area contributed by atoms with Gasteiger partial charge < -0.3 is 14.7 Å². The van der Waals surface area contributed by atoms with Crippen molar-refractivity contribution in [3.63, 3.8) is 0 Å². The lowest BCUT2D eigenvalue weighted by Crippen LogP contribution is -2.44. The second-order valence-electron chi connectivity index (χ2n) is 5.51. The molecule has 1 aromatic heterocycles. The van der Waals surface area contributed by atoms with Crippen LogP contribution in [0.3, 0.4) is 0 Å². The average Bonchev–Trinajstić information content (AvgIpc) is 2.61. The van der Waals surface area contributed by atoms with Crippen LogP contribution in [0.1, 0.15) is 26.0 Å². The highest BCUT2D eigenvalue weighted by atomic mass is 16.5. The predicted octanol–water partition coefficient (Wildman–Crippen LogP) is 2.08. The molecule has 108 valence electrons. The maximum atomic E-state index is 11.9. The third-order valence-electron chi connectivity index (χ3n) is 2.55. The summed E-state index contributed by atoms with van der Waals surface area (Å²) in [6.45, 7) is 6.87. The molecule has 0 saturated carbocycles. The number of hydrogen-bond donors (Lipinski definition) is 2. The van der Waals surface area contributed by atoms with Gasteiger partial charge in [0, 0.05) is 18.7 Å². The Morgan fingerprint density at radius 2 is 2.16 bits per heavy atom. The van der Waals surface area contributed by atoms with Crippen molar-refractivity contribution in [3.8, 4) is 0 Å². The van der Waals surface area contributed by atoms with Crippen LogP contribution in [0.15, 0.2) is 10.6 Å². The molecule has 6 nitrogen and oxygen atoms in total. The smallest absolute Gasteiger partial charge is 0.320 e. The first kappa shape index (κ1) is 15.5. The number of nitrogens with one attached hydrogen (secondary N) is 2. The molecule has 0 aliphatic carbocycles. The van der Waals surface area contributed by atoms with Crippen LogP contribution in [0, 0.1) is 12.8 Å². The molecule has 2 amide bonds. The van der Waals surface area contributed by atoms with Crippen LogP contribution in [-0.4, -0.2) is 42.8 Å². The zero-order valence-corrected chi connectivity index (χ0v) is 12.4. The molecule has 6 heteroatoms. The highest BCUT2D eigenvalue weighted by Gasteiger charge is 2.15. The van der Waals surface area contributed by atoms with E-state index in [4.69, 9.17) is 4.52 Å². The fraction of sp³-hybridized carbons (Fsp3) is 0.692. The fourth-order valence-corrected chi connectivity index (χ4v) is 1.95. The van der Waals surface area contributed by atoms with Crippen molar-refractivity contribution in [3.05, 3.63) is 11.8 Å². The van der Waals surface area contributed by atoms with E-state index >= 15 is 0 Å². The van der Waals surface area contributed by atoms with Gasteiger partial charge in [-0.2, -0.15) is 0 Å². The molecule has 0 fully saturated rings. The molecule has 0 spiro atoms. The molecule has 2 N–H and O–H groups in total. The predicted molar refractivity (Wildman–Crippen MR) is 75.2 cm³/mol. The maximum absolute atomic E-state index is 11.9. The Labute approximate surface area is 114 Å². The molecule has 19 heavy (non-hydrogen) atoms. The van der Waals surface area contributed by atoms with E-state index in [1.165, 1.54) is 0 Å². The van der Waals surface area contributed by atoms with Gasteiger partial charge in [-0.05, 0) is 33.4 Å². The van der Waals surface area contributed by atoms with Gasteiger partial charge in [0.05, 0.1) is 0 Å². The standard InChI is InChI=1S/C13H24N4O2/c1-9(2)6-11(8-17(4)5)14-13(18)15-12-7-10(3)19-16-12/h7,9,11H,6,8H2,1-5H3,(H2,14,15,16,18). The Hall–Kier alpha value is -1.56. The van der Waals surface area contributed by atoms with Crippen LogP contribution < -0.4 is 10.6 Å². The van der Waals surface area contributed by atoms with E-state index in [9.17, 15) is 4.79 Å². The number of urea groups is 1. The fourth-order valence-electron chi connectivity index (χ4n) is 1.95. The molecule has 1 rings (SSSR count). The summed E-state index contributed by atoms with van der Waals surface area (Å²) in [7, 11) is 3.99. The Kier molecular flexibility index (Phi) is 5.82. The molecule has 0 aliphatic heterocycles. The normalized spacial score (nSPS) is 12.8. The van der Waals surface area contributed by atoms with Gasteiger partial charge in [-0.1, -0.05) is 19.0 Å². The number of amides is 2. The van der Waals surface area contributed by atoms with Gasteiger partial charge in [-0.3, -0.25) is 5.32 Å². The van der Waals surface area contributed by atoms with Gasteiger partial charge in [-0.25, -0.2) is 4.79 Å². The number of nitrogens with zero attached hydrogens (tertiary/aromatic N) is 2. The minimum atomic E-state index is -0.249. The van der Waals surface area contributed by atoms with E-state index in [0.717, 1.165) is 13.0 Å². The zero-order chi connectivity index (χ0) is 14.4. The van der Waals surface area contributed by atoms with Gasteiger partial charge >= 0.3 is 6.03 Å². The Balaban J connectivity index is 2.50. The quantitative estimate of drug-likeness (QED) is 0.828. The van der Waals surface area contributed by atoms with Crippen molar-refractivity contribution in [1.29, 1.82) is 0 Å². The van der Waals surface area contributed by atoms with Crippen molar-refractivity contribution in [2.45, 2.75) is 33.2 Å². The number of aryl methyl sites for hydroxylation is 1. The summed E-state index contributed by atoms with van der Waals surface area (Å²) in [4.78, 5) is 13.9. The van der Waals surface area contributed by atoms with Crippen LogP contribution in [0.2, 0.25) is 0 Å². The van der Waals surface area contributed by atoms with Crippen molar-refractivity contribution in [2.24, 2.45) is 5.92 Å². The molecule has 0 aliphatic rings. The second kappa shape index (κ2) is 7.13. The SMILES string of the molecule is Cc1cc(NC(=O)NC(CC(C)C)CN(C)C)no1. The largest absolute Gasteiger partial charge is 0.360 e. The van der Waals surface area contributed by atoms with Gasteiger partial charge in [0.25, 0.3) is 0 Å². The van der Waals surface area contributed by atoms with E-state index < -0.39 is 0 Å². The van der Waals surface area contributed by atoms with Gasteiger partial charge in [0.15, 0.2) is 5.82 Å². The van der Waals surface area contributed by atoms with Crippen LogP contribution in [0.25, 0.3) is 0 Å². The summed E-state index contributed by atoms with van der Waals surface area (Å²) in [5, 5.41) is 9.36. The van der Waals surface area contributed by atoms with Crippen molar-refractivity contribution >= 4 is 11.8 Å². The molecule has 0 saturated heterocycles. The van der Waals surface area contributed by atoms with Crippen LogP contribution in [0.4, 0.5) is 10.6 Å². The monoisotopic (exact) mass is 268 g/mol. The zero-order valence-electron chi connectivity index (χ0n) is 12.4. The van der Waals surface area contributed by atoms with Gasteiger partial charge in [-0.15, -0.1) is 0 Å². The summed E-state index contributed by atoms with van der Waals surface area (Å²) < 4.78 is 4.90. The summed E-state index contributed by atoms with van der Waals surface area (Å²) >= 11 is 0. The number of carbonyl (C=O) groups is 1. The lowest BCUT2D eigenvalue weighted by molar-refractivity contribution is 0.239. The minimum Gasteiger partial charge on any atom is -0.360 e. The number of hydrogen-bond acceptors (Lipinski definition) is 4. The van der Waals surface area contributed by atoms with E-state index in [-0.39, 0.29) is 12.1 Å². The van der Waals surface area contributed by atoms with Crippen molar-refractivity contribution in [2.75, 3.05) is 26.0 Å². The van der Waals surface area contributed by atoms with Crippen molar-refractivity contribution < 1.29 is 9.32 Å². The molecular formula is C13H24N4O2. The lowest BCUT2D eigenvalue weighted by atomic mass is 10.0. The van der Waals surface area contributed by atoms with Gasteiger partial charge in [0.2, 0.25) is 0 Å². The summed E-state index contributed by atoms with van der Waals surface area (Å²) in [5.41, 5.74) is 0. The molecule has 1 heterocycles. The molecule has 0 bridgehead atoms.